The maximum atomic E-state index is 14.7. The van der Waals surface area contributed by atoms with Gasteiger partial charge >= 0.3 is 23.9 Å². The number of carboxylic acid groups (broad SMARTS) is 1. The van der Waals surface area contributed by atoms with E-state index in [9.17, 15) is 43.7 Å². The predicted molar refractivity (Wildman–Crippen MR) is 193 cm³/mol. The van der Waals surface area contributed by atoms with Crippen molar-refractivity contribution in [1.82, 2.24) is 0 Å². The highest BCUT2D eigenvalue weighted by Crippen LogP contribution is 2.44. The van der Waals surface area contributed by atoms with Crippen LogP contribution in [-0.4, -0.2) is 57.7 Å². The van der Waals surface area contributed by atoms with Gasteiger partial charge in [-0.25, -0.2) is 23.6 Å². The number of rotatable bonds is 9. The van der Waals surface area contributed by atoms with Gasteiger partial charge in [-0.3, -0.25) is 4.79 Å². The number of aromatic carboxylic acids is 1. The normalized spacial score (nSPS) is 15.4. The molecule has 0 aliphatic heterocycles. The summed E-state index contributed by atoms with van der Waals surface area (Å²) in [6.07, 6.45) is 1.99. The monoisotopic (exact) mass is 796 g/mol. The molecule has 0 radical (unpaired) electrons. The minimum absolute atomic E-state index is 0.0656. The fraction of sp³-hybridized carbons (Fsp3) is 0.308. The number of phenolic OH excluding ortho intramolecular Hbond substituents is 1. The van der Waals surface area contributed by atoms with Crippen LogP contribution in [-0.2, 0) is 21.0 Å². The van der Waals surface area contributed by atoms with Crippen molar-refractivity contribution >= 4 is 45.6 Å². The second kappa shape index (κ2) is 15.0. The first kappa shape index (κ1) is 40.4. The van der Waals surface area contributed by atoms with Crippen LogP contribution in [0.1, 0.15) is 88.1 Å². The number of ether oxygens (including phenoxy) is 4. The number of alkyl halides is 1. The summed E-state index contributed by atoms with van der Waals surface area (Å²) in [7, 11) is 1.17. The van der Waals surface area contributed by atoms with Gasteiger partial charge in [-0.2, -0.15) is 0 Å². The van der Waals surface area contributed by atoms with Crippen LogP contribution < -0.4 is 14.2 Å². The average molecular weight is 798 g/mol. The summed E-state index contributed by atoms with van der Waals surface area (Å²) >= 11 is 3.17. The molecule has 4 rings (SSSR count). The third-order valence-electron chi connectivity index (χ3n) is 9.77. The summed E-state index contributed by atoms with van der Waals surface area (Å²) in [6, 6.07) is 1.35. The highest BCUT2D eigenvalue weighted by molar-refractivity contribution is 9.10. The lowest BCUT2D eigenvalue weighted by atomic mass is 9.87. The van der Waals surface area contributed by atoms with Crippen LogP contribution in [0.2, 0.25) is 0 Å². The molecule has 280 valence electrons. The Balaban J connectivity index is 1.69. The number of carboxylic acids is 1. The lowest BCUT2D eigenvalue weighted by molar-refractivity contribution is -0.151. The van der Waals surface area contributed by atoms with Gasteiger partial charge in [-0.05, 0) is 140 Å². The minimum atomic E-state index is -2.46. The summed E-state index contributed by atoms with van der Waals surface area (Å²) in [5.74, 6) is -6.08. The van der Waals surface area contributed by atoms with E-state index in [-0.39, 0.29) is 77.6 Å². The van der Waals surface area contributed by atoms with Crippen LogP contribution in [0.15, 0.2) is 34.0 Å². The van der Waals surface area contributed by atoms with Gasteiger partial charge < -0.3 is 34.3 Å². The third-order valence-corrected chi connectivity index (χ3v) is 10.5. The zero-order chi connectivity index (χ0) is 40.0. The Labute approximate surface area is 313 Å². The zero-order valence-electron chi connectivity index (χ0n) is 30.7. The molecule has 0 fully saturated rings. The quantitative estimate of drug-likeness (QED) is 0.150. The maximum absolute atomic E-state index is 14.7. The Morgan fingerprint density at radius 1 is 0.755 bits per heavy atom. The zero-order valence-corrected chi connectivity index (χ0v) is 32.3. The molecule has 1 aliphatic carbocycles. The molecule has 0 bridgehead atoms. The van der Waals surface area contributed by atoms with E-state index in [4.69, 9.17) is 18.9 Å². The largest absolute Gasteiger partial charge is 0.506 e. The fourth-order valence-electron chi connectivity index (χ4n) is 6.27. The summed E-state index contributed by atoms with van der Waals surface area (Å²) in [5.41, 5.74) is -0.638. The first-order valence-corrected chi connectivity index (χ1v) is 16.9. The maximum Gasteiger partial charge on any atom is 0.356 e. The summed E-state index contributed by atoms with van der Waals surface area (Å²) in [5, 5.41) is 32.1. The van der Waals surface area contributed by atoms with E-state index in [2.05, 4.69) is 15.9 Å². The van der Waals surface area contributed by atoms with Gasteiger partial charge in [0, 0.05) is 11.6 Å². The lowest BCUT2D eigenvalue weighted by Crippen LogP contribution is -2.47. The van der Waals surface area contributed by atoms with Crippen LogP contribution >= 0.6 is 15.9 Å². The number of ketones is 1. The molecule has 3 aromatic carbocycles. The number of aromatic hydroxyl groups is 1. The molecule has 0 spiro atoms. The number of halogens is 2. The van der Waals surface area contributed by atoms with E-state index >= 15 is 0 Å². The first-order chi connectivity index (χ1) is 24.6. The number of hydrogen-bond donors (Lipinski definition) is 3. The second-order valence-electron chi connectivity index (χ2n) is 12.8. The molecule has 0 aromatic heterocycles. The van der Waals surface area contributed by atoms with Crippen LogP contribution in [0, 0.1) is 55.4 Å². The molecule has 1 aliphatic rings. The molecular weight excluding hydrogens is 759 g/mol. The fourth-order valence-corrected chi connectivity index (χ4v) is 6.84. The van der Waals surface area contributed by atoms with Gasteiger partial charge in [-0.15, -0.1) is 0 Å². The number of allylic oxidation sites excluding steroid dienone is 2. The van der Waals surface area contributed by atoms with Gasteiger partial charge in [0.25, 0.3) is 0 Å². The SMILES string of the molecule is COC1=CC(=O)C=C(C)[C@]1(O)C(=O)Oc1c(C)c(C)c(C(=O)Oc2cc(C)c(C(=O)Oc3c(C)c(C)c(C(=O)O)c(C)c3C)c(CF)c2C)c(O)c1Br. The number of aryl methyl sites for hydroxylation is 1. The number of hydrogen-bond acceptors (Lipinski definition) is 11. The standard InChI is InChI=1S/C39H38BrFO12/c1-15-11-26(23(9)25(14-41)28(15)36(46)52-33-20(6)17(3)29(35(44)45)18(4)21(33)7)51-37(47)30-19(5)22(8)34(31(40)32(30)43)53-38(48)39(49)16(2)12-24(42)13-27(39)50-10/h11-13,43,49H,14H2,1-10H3,(H,44,45)/t39-/m1/s1. The van der Waals surface area contributed by atoms with Crippen molar-refractivity contribution in [2.75, 3.05) is 7.11 Å². The van der Waals surface area contributed by atoms with E-state index in [0.29, 0.717) is 22.3 Å². The van der Waals surface area contributed by atoms with Crippen molar-refractivity contribution in [2.24, 2.45) is 0 Å². The molecule has 0 heterocycles. The van der Waals surface area contributed by atoms with Gasteiger partial charge in [0.1, 0.15) is 39.7 Å². The Bertz CT molecular complexity index is 2160. The van der Waals surface area contributed by atoms with Crippen molar-refractivity contribution < 1.29 is 62.6 Å². The number of carbonyl (C=O) groups is 5. The molecular formula is C39H38BrFO12. The molecule has 0 saturated heterocycles. The number of carbonyl (C=O) groups excluding carboxylic acids is 4. The molecule has 3 N–H and O–H groups in total. The van der Waals surface area contributed by atoms with Crippen molar-refractivity contribution in [2.45, 2.75) is 74.6 Å². The summed E-state index contributed by atoms with van der Waals surface area (Å²) in [6.45, 7) is 12.5. The molecule has 0 amide bonds. The Morgan fingerprint density at radius 3 is 1.81 bits per heavy atom. The molecule has 14 heteroatoms. The minimum Gasteiger partial charge on any atom is -0.506 e. The predicted octanol–water partition coefficient (Wildman–Crippen LogP) is 6.92. The second-order valence-corrected chi connectivity index (χ2v) is 13.5. The van der Waals surface area contributed by atoms with Gasteiger partial charge in [0.15, 0.2) is 11.5 Å². The highest BCUT2D eigenvalue weighted by Gasteiger charge is 2.48. The molecule has 0 saturated carbocycles. The number of esters is 3. The Hall–Kier alpha value is -5.34. The van der Waals surface area contributed by atoms with Crippen molar-refractivity contribution in [3.63, 3.8) is 0 Å². The number of phenols is 1. The molecule has 3 aromatic rings. The topological polar surface area (TPSA) is 183 Å². The molecule has 0 unspecified atom stereocenters. The van der Waals surface area contributed by atoms with Crippen LogP contribution in [0.3, 0.4) is 0 Å². The van der Waals surface area contributed by atoms with E-state index in [1.807, 2.05) is 0 Å². The van der Waals surface area contributed by atoms with Crippen molar-refractivity contribution in [3.05, 3.63) is 101 Å². The Morgan fingerprint density at radius 2 is 1.28 bits per heavy atom. The molecule has 53 heavy (non-hydrogen) atoms. The van der Waals surface area contributed by atoms with Gasteiger partial charge in [0.05, 0.1) is 18.2 Å². The highest BCUT2D eigenvalue weighted by atomic mass is 79.9. The van der Waals surface area contributed by atoms with E-state index in [1.54, 1.807) is 27.7 Å². The number of aliphatic hydroxyl groups is 1. The average Bonchev–Trinajstić information content (AvgIpc) is 3.09. The Kier molecular flexibility index (Phi) is 11.4. The van der Waals surface area contributed by atoms with Crippen molar-refractivity contribution in [3.8, 4) is 23.0 Å². The van der Waals surface area contributed by atoms with E-state index < -0.39 is 47.7 Å². The molecule has 1 atom stereocenters. The van der Waals surface area contributed by atoms with E-state index in [1.165, 1.54) is 47.8 Å². The lowest BCUT2D eigenvalue weighted by Gasteiger charge is -2.30. The van der Waals surface area contributed by atoms with Crippen LogP contribution in [0.5, 0.6) is 23.0 Å². The smallest absolute Gasteiger partial charge is 0.356 e. The summed E-state index contributed by atoms with van der Waals surface area (Å²) in [4.78, 5) is 64.4. The molecule has 12 nitrogen and oxygen atoms in total. The van der Waals surface area contributed by atoms with Gasteiger partial charge in [0.2, 0.25) is 5.60 Å². The summed E-state index contributed by atoms with van der Waals surface area (Å²) < 4.78 is 36.5. The van der Waals surface area contributed by atoms with Crippen LogP contribution in [0.25, 0.3) is 0 Å². The first-order valence-electron chi connectivity index (χ1n) is 16.1. The van der Waals surface area contributed by atoms with Crippen molar-refractivity contribution in [1.29, 1.82) is 0 Å². The third kappa shape index (κ3) is 6.84. The number of methoxy groups -OCH3 is 1. The number of benzene rings is 3. The van der Waals surface area contributed by atoms with Crippen LogP contribution in [0.4, 0.5) is 4.39 Å². The van der Waals surface area contributed by atoms with E-state index in [0.717, 1.165) is 12.2 Å². The van der Waals surface area contributed by atoms with Gasteiger partial charge in [-0.1, -0.05) is 0 Å².